The summed E-state index contributed by atoms with van der Waals surface area (Å²) in [4.78, 5) is 27.3. The minimum atomic E-state index is -5.08. The van der Waals surface area contributed by atoms with Crippen molar-refractivity contribution in [1.82, 2.24) is 15.2 Å². The Balaban J connectivity index is 0.000000383. The minimum absolute atomic E-state index is 0.0680. The van der Waals surface area contributed by atoms with Crippen molar-refractivity contribution in [3.8, 4) is 11.1 Å². The van der Waals surface area contributed by atoms with Gasteiger partial charge >= 0.3 is 12.1 Å². The zero-order valence-electron chi connectivity index (χ0n) is 17.7. The third-order valence-corrected chi connectivity index (χ3v) is 5.18. The molecule has 33 heavy (non-hydrogen) atoms. The fraction of sp³-hybridized carbons (Fsp3) is 0.250. The van der Waals surface area contributed by atoms with Crippen LogP contribution in [0.1, 0.15) is 28.5 Å². The number of carbonyl (C=O) groups is 2. The summed E-state index contributed by atoms with van der Waals surface area (Å²) in [6.07, 6.45) is -2.28. The highest BCUT2D eigenvalue weighted by atomic mass is 19.4. The first kappa shape index (κ1) is 24.1. The van der Waals surface area contributed by atoms with Crippen LogP contribution in [0.5, 0.6) is 0 Å². The van der Waals surface area contributed by atoms with E-state index in [4.69, 9.17) is 9.90 Å². The van der Waals surface area contributed by atoms with Crippen molar-refractivity contribution in [2.45, 2.75) is 18.6 Å². The molecule has 0 bridgehead atoms. The van der Waals surface area contributed by atoms with Gasteiger partial charge in [-0.3, -0.25) is 4.79 Å². The summed E-state index contributed by atoms with van der Waals surface area (Å²) in [6, 6.07) is 22.6. The lowest BCUT2D eigenvalue weighted by atomic mass is 10.0. The molecule has 3 N–H and O–H groups in total. The van der Waals surface area contributed by atoms with E-state index in [2.05, 4.69) is 22.4 Å². The molecule has 6 nitrogen and oxygen atoms in total. The number of amides is 1. The number of carbonyl (C=O) groups excluding carboxylic acids is 1. The van der Waals surface area contributed by atoms with Crippen LogP contribution >= 0.6 is 0 Å². The second kappa shape index (κ2) is 10.8. The Morgan fingerprint density at radius 3 is 2.18 bits per heavy atom. The van der Waals surface area contributed by atoms with Gasteiger partial charge in [0.15, 0.2) is 0 Å². The summed E-state index contributed by atoms with van der Waals surface area (Å²) in [7, 11) is 0. The van der Waals surface area contributed by atoms with Gasteiger partial charge < -0.3 is 20.3 Å². The summed E-state index contributed by atoms with van der Waals surface area (Å²) in [5.74, 6) is -2.69. The third kappa shape index (κ3) is 6.45. The molecule has 1 fully saturated rings. The number of aromatic nitrogens is 1. The lowest BCUT2D eigenvalue weighted by Crippen LogP contribution is -2.36. The summed E-state index contributed by atoms with van der Waals surface area (Å²) in [5, 5.41) is 10.7. The lowest BCUT2D eigenvalue weighted by Gasteiger charge is -2.25. The van der Waals surface area contributed by atoms with E-state index >= 15 is 0 Å². The fourth-order valence-corrected chi connectivity index (χ4v) is 3.58. The van der Waals surface area contributed by atoms with E-state index < -0.39 is 12.1 Å². The molecule has 0 radical (unpaired) electrons. The quantitative estimate of drug-likeness (QED) is 0.539. The zero-order chi connectivity index (χ0) is 23.8. The first-order valence-corrected chi connectivity index (χ1v) is 10.4. The molecule has 1 saturated heterocycles. The molecule has 1 unspecified atom stereocenters. The van der Waals surface area contributed by atoms with Crippen LogP contribution < -0.4 is 5.32 Å². The Morgan fingerprint density at radius 1 is 0.970 bits per heavy atom. The number of carboxylic acid groups (broad SMARTS) is 1. The highest BCUT2D eigenvalue weighted by molar-refractivity contribution is 5.99. The number of H-pyrrole nitrogens is 1. The highest BCUT2D eigenvalue weighted by Crippen LogP contribution is 2.25. The van der Waals surface area contributed by atoms with Crippen molar-refractivity contribution in [2.24, 2.45) is 0 Å². The number of hydrogen-bond donors (Lipinski definition) is 3. The van der Waals surface area contributed by atoms with Crippen LogP contribution in [0.25, 0.3) is 11.1 Å². The summed E-state index contributed by atoms with van der Waals surface area (Å²) >= 11 is 0. The molecule has 2 heterocycles. The molecule has 1 aliphatic rings. The minimum Gasteiger partial charge on any atom is -0.475 e. The molecule has 2 aromatic carbocycles. The largest absolute Gasteiger partial charge is 0.490 e. The number of benzene rings is 2. The lowest BCUT2D eigenvalue weighted by molar-refractivity contribution is -0.192. The predicted molar refractivity (Wildman–Crippen MR) is 118 cm³/mol. The van der Waals surface area contributed by atoms with Gasteiger partial charge in [-0.15, -0.1) is 0 Å². The maximum atomic E-state index is 13.3. The average Bonchev–Trinajstić information content (AvgIpc) is 3.17. The standard InChI is InChI=1S/C22H23N3O.C2HF3O2/c26-22(21-19(12-14-24-21)17-8-3-1-4-9-17)25-15-7-13-23-20(16-25)18-10-5-2-6-11-18;3-2(4,5)1(6)7/h1-6,8-12,14,20,23-24H,7,13,15-16H2;(H,6,7). The zero-order valence-corrected chi connectivity index (χ0v) is 17.7. The van der Waals surface area contributed by atoms with E-state index in [1.165, 1.54) is 5.56 Å². The Hall–Kier alpha value is -3.59. The van der Waals surface area contributed by atoms with Gasteiger partial charge in [0.05, 0.1) is 0 Å². The molecule has 174 valence electrons. The first-order valence-electron chi connectivity index (χ1n) is 10.4. The van der Waals surface area contributed by atoms with E-state index in [0.717, 1.165) is 30.6 Å². The maximum absolute atomic E-state index is 13.3. The Labute approximate surface area is 189 Å². The molecule has 3 aromatic rings. The predicted octanol–water partition coefficient (Wildman–Crippen LogP) is 4.49. The van der Waals surface area contributed by atoms with Gasteiger partial charge in [0.25, 0.3) is 5.91 Å². The van der Waals surface area contributed by atoms with Crippen LogP contribution in [0.3, 0.4) is 0 Å². The number of aliphatic carboxylic acids is 1. The van der Waals surface area contributed by atoms with Crippen LogP contribution in [-0.4, -0.2) is 52.7 Å². The van der Waals surface area contributed by atoms with Crippen molar-refractivity contribution in [3.05, 3.63) is 84.2 Å². The Kier molecular flexibility index (Phi) is 7.89. The van der Waals surface area contributed by atoms with Crippen LogP contribution in [0.4, 0.5) is 13.2 Å². The summed E-state index contributed by atoms with van der Waals surface area (Å²) in [6.45, 7) is 2.36. The van der Waals surface area contributed by atoms with E-state index in [9.17, 15) is 18.0 Å². The number of hydrogen-bond acceptors (Lipinski definition) is 3. The molecule has 1 amide bonds. The van der Waals surface area contributed by atoms with Crippen molar-refractivity contribution in [2.75, 3.05) is 19.6 Å². The smallest absolute Gasteiger partial charge is 0.475 e. The number of aromatic amines is 1. The molecule has 1 aliphatic heterocycles. The van der Waals surface area contributed by atoms with Gasteiger partial charge in [-0.05, 0) is 30.2 Å². The average molecular weight is 459 g/mol. The summed E-state index contributed by atoms with van der Waals surface area (Å²) in [5.41, 5.74) is 3.92. The van der Waals surface area contributed by atoms with Gasteiger partial charge in [0, 0.05) is 30.9 Å². The number of halogens is 3. The molecule has 0 aliphatic carbocycles. The molecule has 0 spiro atoms. The third-order valence-electron chi connectivity index (χ3n) is 5.18. The Morgan fingerprint density at radius 2 is 1.58 bits per heavy atom. The fourth-order valence-electron chi connectivity index (χ4n) is 3.58. The number of nitrogens with zero attached hydrogens (tertiary/aromatic N) is 1. The van der Waals surface area contributed by atoms with Crippen LogP contribution in [-0.2, 0) is 4.79 Å². The normalized spacial score (nSPS) is 16.3. The monoisotopic (exact) mass is 459 g/mol. The van der Waals surface area contributed by atoms with Gasteiger partial charge in [0.2, 0.25) is 0 Å². The van der Waals surface area contributed by atoms with E-state index in [0.29, 0.717) is 12.2 Å². The van der Waals surface area contributed by atoms with Crippen molar-refractivity contribution < 1.29 is 27.9 Å². The molecule has 1 atom stereocenters. The van der Waals surface area contributed by atoms with Gasteiger partial charge in [-0.25, -0.2) is 4.79 Å². The van der Waals surface area contributed by atoms with Crippen molar-refractivity contribution in [3.63, 3.8) is 0 Å². The van der Waals surface area contributed by atoms with Gasteiger partial charge in [0.1, 0.15) is 5.69 Å². The second-order valence-electron chi connectivity index (χ2n) is 7.46. The van der Waals surface area contributed by atoms with Crippen LogP contribution in [0.15, 0.2) is 72.9 Å². The second-order valence-corrected chi connectivity index (χ2v) is 7.46. The highest BCUT2D eigenvalue weighted by Gasteiger charge is 2.38. The Bertz CT molecular complexity index is 1050. The molecule has 0 saturated carbocycles. The first-order chi connectivity index (χ1) is 15.8. The van der Waals surface area contributed by atoms with E-state index in [-0.39, 0.29) is 11.9 Å². The van der Waals surface area contributed by atoms with Gasteiger partial charge in [-0.1, -0.05) is 60.7 Å². The van der Waals surface area contributed by atoms with Gasteiger partial charge in [-0.2, -0.15) is 13.2 Å². The van der Waals surface area contributed by atoms with E-state index in [1.807, 2.05) is 65.7 Å². The van der Waals surface area contributed by atoms with Crippen LogP contribution in [0, 0.1) is 0 Å². The SMILES string of the molecule is O=C(O)C(F)(F)F.O=C(c1[nH]ccc1-c1ccccc1)N1CCCNC(c2ccccc2)C1. The number of carboxylic acids is 1. The maximum Gasteiger partial charge on any atom is 0.490 e. The van der Waals surface area contributed by atoms with E-state index in [1.54, 1.807) is 0 Å². The molecular formula is C24H24F3N3O3. The number of alkyl halides is 3. The summed E-state index contributed by atoms with van der Waals surface area (Å²) < 4.78 is 31.7. The molecule has 1 aromatic heterocycles. The van der Waals surface area contributed by atoms with Crippen molar-refractivity contribution in [1.29, 1.82) is 0 Å². The molecule has 4 rings (SSSR count). The molecular weight excluding hydrogens is 435 g/mol. The number of rotatable bonds is 3. The number of nitrogens with one attached hydrogen (secondary N) is 2. The van der Waals surface area contributed by atoms with Crippen molar-refractivity contribution >= 4 is 11.9 Å². The molecule has 9 heteroatoms. The topological polar surface area (TPSA) is 85.4 Å². The van der Waals surface area contributed by atoms with Crippen LogP contribution in [0.2, 0.25) is 0 Å².